The highest BCUT2D eigenvalue weighted by Crippen LogP contribution is 2.24. The van der Waals surface area contributed by atoms with E-state index in [0.29, 0.717) is 28.7 Å². The van der Waals surface area contributed by atoms with Crippen LogP contribution in [0.1, 0.15) is 21.5 Å². The van der Waals surface area contributed by atoms with Crippen LogP contribution in [0.5, 0.6) is 0 Å². The van der Waals surface area contributed by atoms with Crippen LogP contribution in [0.3, 0.4) is 0 Å². The van der Waals surface area contributed by atoms with Crippen LogP contribution >= 0.6 is 0 Å². The van der Waals surface area contributed by atoms with Gasteiger partial charge in [0, 0.05) is 35.9 Å². The third kappa shape index (κ3) is 3.54. The standard InChI is InChI=1S/C20H19FN4O2/c21-14-2-4-16-17(9-23-18(16)8-14)20(27)24-15-3-1-12-5-6-25(11-19(22)26)10-13(12)7-15/h1-4,7-9,23H,5-6,10-11H2,(H2,22,26)(H,24,27). The molecule has 0 saturated heterocycles. The number of rotatable bonds is 4. The van der Waals surface area contributed by atoms with E-state index in [1.807, 2.05) is 23.1 Å². The number of H-pyrrole nitrogens is 1. The molecule has 0 bridgehead atoms. The maximum Gasteiger partial charge on any atom is 0.257 e. The molecule has 4 N–H and O–H groups in total. The second-order valence-electron chi connectivity index (χ2n) is 6.76. The van der Waals surface area contributed by atoms with E-state index in [9.17, 15) is 14.0 Å². The second-order valence-corrected chi connectivity index (χ2v) is 6.76. The Bertz CT molecular complexity index is 1040. The molecule has 2 aromatic carbocycles. The van der Waals surface area contributed by atoms with E-state index in [-0.39, 0.29) is 24.2 Å². The van der Waals surface area contributed by atoms with Gasteiger partial charge in [0.1, 0.15) is 5.82 Å². The van der Waals surface area contributed by atoms with Gasteiger partial charge in [0.2, 0.25) is 5.91 Å². The molecule has 0 saturated carbocycles. The number of carbonyl (C=O) groups excluding carboxylic acids is 2. The zero-order chi connectivity index (χ0) is 19.0. The summed E-state index contributed by atoms with van der Waals surface area (Å²) < 4.78 is 13.3. The van der Waals surface area contributed by atoms with Gasteiger partial charge >= 0.3 is 0 Å². The monoisotopic (exact) mass is 366 g/mol. The summed E-state index contributed by atoms with van der Waals surface area (Å²) in [6.45, 7) is 1.63. The topological polar surface area (TPSA) is 91.2 Å². The quantitative estimate of drug-likeness (QED) is 0.662. The van der Waals surface area contributed by atoms with Gasteiger partial charge in [-0.05, 0) is 47.9 Å². The zero-order valence-corrected chi connectivity index (χ0v) is 14.6. The van der Waals surface area contributed by atoms with Gasteiger partial charge < -0.3 is 16.0 Å². The van der Waals surface area contributed by atoms with Crippen LogP contribution in [0.2, 0.25) is 0 Å². The van der Waals surface area contributed by atoms with Gasteiger partial charge in [-0.1, -0.05) is 6.07 Å². The van der Waals surface area contributed by atoms with Crippen molar-refractivity contribution in [2.75, 3.05) is 18.4 Å². The van der Waals surface area contributed by atoms with E-state index in [2.05, 4.69) is 10.3 Å². The van der Waals surface area contributed by atoms with E-state index in [1.165, 1.54) is 17.7 Å². The Kier molecular flexibility index (Phi) is 4.37. The lowest BCUT2D eigenvalue weighted by atomic mass is 9.99. The highest BCUT2D eigenvalue weighted by molar-refractivity contribution is 6.12. The largest absolute Gasteiger partial charge is 0.369 e. The number of nitrogens with zero attached hydrogens (tertiary/aromatic N) is 1. The highest BCUT2D eigenvalue weighted by atomic mass is 19.1. The maximum atomic E-state index is 13.3. The van der Waals surface area contributed by atoms with Crippen molar-refractivity contribution in [1.29, 1.82) is 0 Å². The van der Waals surface area contributed by atoms with Gasteiger partial charge in [-0.25, -0.2) is 4.39 Å². The van der Waals surface area contributed by atoms with Crippen molar-refractivity contribution in [3.63, 3.8) is 0 Å². The van der Waals surface area contributed by atoms with E-state index in [1.54, 1.807) is 12.3 Å². The van der Waals surface area contributed by atoms with E-state index in [0.717, 1.165) is 18.5 Å². The second kappa shape index (κ2) is 6.85. The average Bonchev–Trinajstić information content (AvgIpc) is 3.04. The lowest BCUT2D eigenvalue weighted by Crippen LogP contribution is -2.37. The van der Waals surface area contributed by atoms with Gasteiger partial charge in [0.05, 0.1) is 12.1 Å². The number of anilines is 1. The number of primary amides is 1. The van der Waals surface area contributed by atoms with Gasteiger partial charge in [-0.2, -0.15) is 0 Å². The zero-order valence-electron chi connectivity index (χ0n) is 14.6. The Morgan fingerprint density at radius 2 is 2.04 bits per heavy atom. The van der Waals surface area contributed by atoms with Crippen LogP contribution in [0.15, 0.2) is 42.6 Å². The first kappa shape index (κ1) is 17.2. The van der Waals surface area contributed by atoms with Gasteiger partial charge in [-0.3, -0.25) is 14.5 Å². The van der Waals surface area contributed by atoms with Crippen LogP contribution in [0, 0.1) is 5.82 Å². The van der Waals surface area contributed by atoms with E-state index >= 15 is 0 Å². The van der Waals surface area contributed by atoms with Gasteiger partial charge in [0.25, 0.3) is 5.91 Å². The Morgan fingerprint density at radius 3 is 2.85 bits per heavy atom. The molecular weight excluding hydrogens is 347 g/mol. The van der Waals surface area contributed by atoms with Crippen LogP contribution in [-0.4, -0.2) is 34.8 Å². The smallest absolute Gasteiger partial charge is 0.257 e. The van der Waals surface area contributed by atoms with E-state index in [4.69, 9.17) is 5.73 Å². The molecule has 4 rings (SSSR count). The van der Waals surface area contributed by atoms with Crippen molar-refractivity contribution in [1.82, 2.24) is 9.88 Å². The Morgan fingerprint density at radius 1 is 1.19 bits per heavy atom. The predicted octanol–water partition coefficient (Wildman–Crippen LogP) is 2.40. The summed E-state index contributed by atoms with van der Waals surface area (Å²) in [4.78, 5) is 28.7. The molecule has 27 heavy (non-hydrogen) atoms. The summed E-state index contributed by atoms with van der Waals surface area (Å²) in [5.41, 5.74) is 9.27. The number of hydrogen-bond donors (Lipinski definition) is 3. The number of carbonyl (C=O) groups is 2. The van der Waals surface area contributed by atoms with Crippen LogP contribution in [-0.2, 0) is 17.8 Å². The highest BCUT2D eigenvalue weighted by Gasteiger charge is 2.19. The summed E-state index contributed by atoms with van der Waals surface area (Å²) >= 11 is 0. The number of nitrogens with one attached hydrogen (secondary N) is 2. The minimum absolute atomic E-state index is 0.224. The molecule has 0 atom stereocenters. The predicted molar refractivity (Wildman–Crippen MR) is 101 cm³/mol. The molecule has 1 aromatic heterocycles. The Hall–Kier alpha value is -3.19. The number of halogens is 1. The fourth-order valence-electron chi connectivity index (χ4n) is 3.53. The van der Waals surface area contributed by atoms with Gasteiger partial charge in [-0.15, -0.1) is 0 Å². The van der Waals surface area contributed by atoms with Crippen molar-refractivity contribution >= 4 is 28.4 Å². The van der Waals surface area contributed by atoms with Crippen LogP contribution in [0.25, 0.3) is 10.9 Å². The molecule has 0 radical (unpaired) electrons. The van der Waals surface area contributed by atoms with Crippen molar-refractivity contribution in [3.8, 4) is 0 Å². The first-order chi connectivity index (χ1) is 13.0. The molecule has 2 heterocycles. The number of aromatic amines is 1. The Labute approximate surface area is 155 Å². The summed E-state index contributed by atoms with van der Waals surface area (Å²) in [5.74, 6) is -0.970. The summed E-state index contributed by atoms with van der Waals surface area (Å²) in [6, 6.07) is 10.1. The SMILES string of the molecule is NC(=O)CN1CCc2ccc(NC(=O)c3c[nH]c4cc(F)ccc34)cc2C1. The van der Waals surface area contributed by atoms with Crippen LogP contribution in [0.4, 0.5) is 10.1 Å². The van der Waals surface area contributed by atoms with Crippen molar-refractivity contribution in [2.24, 2.45) is 5.73 Å². The number of nitrogens with two attached hydrogens (primary N) is 1. The molecule has 1 aliphatic rings. The minimum atomic E-state index is -0.355. The third-order valence-electron chi connectivity index (χ3n) is 4.82. The number of benzene rings is 2. The average molecular weight is 366 g/mol. The number of hydrogen-bond acceptors (Lipinski definition) is 3. The molecule has 3 aromatic rings. The third-order valence-corrected chi connectivity index (χ3v) is 4.82. The molecular formula is C20H19FN4O2. The van der Waals surface area contributed by atoms with Crippen LogP contribution < -0.4 is 11.1 Å². The normalized spacial score (nSPS) is 14.1. The van der Waals surface area contributed by atoms with Crippen molar-refractivity contribution < 1.29 is 14.0 Å². The lowest BCUT2D eigenvalue weighted by Gasteiger charge is -2.28. The summed E-state index contributed by atoms with van der Waals surface area (Å²) in [7, 11) is 0. The fraction of sp³-hybridized carbons (Fsp3) is 0.200. The lowest BCUT2D eigenvalue weighted by molar-refractivity contribution is -0.119. The van der Waals surface area contributed by atoms with Crippen molar-refractivity contribution in [2.45, 2.75) is 13.0 Å². The molecule has 0 spiro atoms. The molecule has 0 aliphatic carbocycles. The van der Waals surface area contributed by atoms with Crippen molar-refractivity contribution in [3.05, 3.63) is 65.1 Å². The molecule has 6 nitrogen and oxygen atoms in total. The van der Waals surface area contributed by atoms with Gasteiger partial charge in [0.15, 0.2) is 0 Å². The molecule has 7 heteroatoms. The molecule has 2 amide bonds. The number of fused-ring (bicyclic) bond motifs is 2. The number of aromatic nitrogens is 1. The molecule has 138 valence electrons. The maximum absolute atomic E-state index is 13.3. The van der Waals surface area contributed by atoms with E-state index < -0.39 is 0 Å². The first-order valence-corrected chi connectivity index (χ1v) is 8.70. The summed E-state index contributed by atoms with van der Waals surface area (Å²) in [5, 5.41) is 3.56. The number of amides is 2. The minimum Gasteiger partial charge on any atom is -0.369 e. The first-order valence-electron chi connectivity index (χ1n) is 8.70. The summed E-state index contributed by atoms with van der Waals surface area (Å²) in [6.07, 6.45) is 2.41. The fourth-order valence-corrected chi connectivity index (χ4v) is 3.53. The molecule has 0 unspecified atom stereocenters. The Balaban J connectivity index is 1.54. The molecule has 0 fully saturated rings. The molecule has 1 aliphatic heterocycles.